The number of rotatable bonds is 4. The van der Waals surface area contributed by atoms with E-state index in [9.17, 15) is 12.8 Å². The van der Waals surface area contributed by atoms with E-state index in [2.05, 4.69) is 4.98 Å². The molecular formula is C18H15ClFN3O4S. The van der Waals surface area contributed by atoms with E-state index in [0.717, 1.165) is 6.07 Å². The third-order valence-corrected chi connectivity index (χ3v) is 6.96. The van der Waals surface area contributed by atoms with Gasteiger partial charge in [-0.1, -0.05) is 11.6 Å². The Bertz CT molecular complexity index is 1070. The van der Waals surface area contributed by atoms with Crippen LogP contribution in [0, 0.1) is 17.1 Å². The van der Waals surface area contributed by atoms with E-state index in [-0.39, 0.29) is 35.5 Å². The third-order valence-electron chi connectivity index (χ3n) is 5.01. The molecule has 2 aromatic rings. The van der Waals surface area contributed by atoms with Crippen LogP contribution in [0.25, 0.3) is 0 Å². The zero-order valence-corrected chi connectivity index (χ0v) is 16.2. The number of nitriles is 1. The molecule has 3 heterocycles. The minimum atomic E-state index is -3.87. The van der Waals surface area contributed by atoms with Gasteiger partial charge in [-0.3, -0.25) is 0 Å². The molecule has 1 spiro atoms. The van der Waals surface area contributed by atoms with Crippen LogP contribution >= 0.6 is 11.6 Å². The maximum Gasteiger partial charge on any atom is 0.260 e. The summed E-state index contributed by atoms with van der Waals surface area (Å²) in [5.74, 6) is -0.501. The molecule has 0 bridgehead atoms. The molecule has 2 aliphatic rings. The van der Waals surface area contributed by atoms with Crippen LogP contribution in [-0.2, 0) is 14.8 Å². The minimum Gasteiger partial charge on any atom is -0.486 e. The number of benzene rings is 1. The van der Waals surface area contributed by atoms with Crippen molar-refractivity contribution in [2.24, 2.45) is 0 Å². The number of nitrogens with zero attached hydrogens (tertiary/aromatic N) is 3. The molecule has 0 radical (unpaired) electrons. The maximum atomic E-state index is 13.9. The normalized spacial score (nSPS) is 26.9. The van der Waals surface area contributed by atoms with Crippen LogP contribution in [0.5, 0.6) is 5.75 Å². The Labute approximate surface area is 166 Å². The average molecular weight is 424 g/mol. The predicted molar refractivity (Wildman–Crippen MR) is 96.8 cm³/mol. The van der Waals surface area contributed by atoms with E-state index < -0.39 is 27.5 Å². The highest BCUT2D eigenvalue weighted by molar-refractivity contribution is 7.89. The lowest BCUT2D eigenvalue weighted by atomic mass is 10.0. The van der Waals surface area contributed by atoms with Crippen molar-refractivity contribution in [1.82, 2.24) is 9.29 Å². The van der Waals surface area contributed by atoms with Gasteiger partial charge in [-0.25, -0.2) is 17.8 Å². The number of hydrogen-bond acceptors (Lipinski definition) is 6. The molecule has 2 aliphatic heterocycles. The summed E-state index contributed by atoms with van der Waals surface area (Å²) in [6.45, 7) is 1.95. The Balaban J connectivity index is 1.59. The molecule has 7 nitrogen and oxygen atoms in total. The number of hydrogen-bond donors (Lipinski definition) is 0. The standard InChI is InChI=1S/C18H15ClFN3O4S/c1-11-18(27-11)10-23(28(24,25)17-5-3-13(19)8-22-17)9-16(18)26-14-4-2-12(7-21)15(20)6-14/h2-6,8,11,16H,9-10H2,1H3/t11-,16+,18+/m1/s1. The molecule has 10 heteroatoms. The number of epoxide rings is 1. The SMILES string of the molecule is C[C@H]1O[C@@]12CN(S(=O)(=O)c1ccc(Cl)cn1)C[C@@H]2Oc1ccc(C#N)c(F)c1. The first kappa shape index (κ1) is 19.1. The lowest BCUT2D eigenvalue weighted by Gasteiger charge is -2.18. The number of pyridine rings is 1. The second-order valence-corrected chi connectivity index (χ2v) is 9.01. The van der Waals surface area contributed by atoms with Gasteiger partial charge < -0.3 is 9.47 Å². The van der Waals surface area contributed by atoms with Crippen molar-refractivity contribution in [1.29, 1.82) is 5.26 Å². The summed E-state index contributed by atoms with van der Waals surface area (Å²) >= 11 is 5.78. The zero-order valence-electron chi connectivity index (χ0n) is 14.7. The molecule has 0 N–H and O–H groups in total. The van der Waals surface area contributed by atoms with Crippen LogP contribution in [-0.4, -0.2) is 48.6 Å². The highest BCUT2D eigenvalue weighted by Crippen LogP contribution is 2.47. The van der Waals surface area contributed by atoms with Gasteiger partial charge in [0, 0.05) is 18.8 Å². The maximum absolute atomic E-state index is 13.9. The van der Waals surface area contributed by atoms with Crippen LogP contribution in [0.1, 0.15) is 12.5 Å². The van der Waals surface area contributed by atoms with Crippen LogP contribution in [0.15, 0.2) is 41.6 Å². The van der Waals surface area contributed by atoms with Gasteiger partial charge in [0.05, 0.1) is 23.2 Å². The Hall–Kier alpha value is -2.25. The fourth-order valence-electron chi connectivity index (χ4n) is 3.37. The smallest absolute Gasteiger partial charge is 0.260 e. The molecule has 0 saturated carbocycles. The number of aromatic nitrogens is 1. The summed E-state index contributed by atoms with van der Waals surface area (Å²) in [6, 6.07) is 8.43. The van der Waals surface area contributed by atoms with Crippen molar-refractivity contribution < 1.29 is 22.3 Å². The molecule has 2 fully saturated rings. The first-order valence-corrected chi connectivity index (χ1v) is 10.2. The number of sulfonamides is 1. The summed E-state index contributed by atoms with van der Waals surface area (Å²) in [5.41, 5.74) is -0.897. The van der Waals surface area contributed by atoms with Crippen molar-refractivity contribution in [3.05, 3.63) is 52.9 Å². The first-order chi connectivity index (χ1) is 13.3. The summed E-state index contributed by atoms with van der Waals surface area (Å²) in [7, 11) is -3.87. The van der Waals surface area contributed by atoms with Gasteiger partial charge in [-0.2, -0.15) is 9.57 Å². The Kier molecular flexibility index (Phi) is 4.55. The molecule has 4 rings (SSSR count). The average Bonchev–Trinajstić information content (AvgIpc) is 3.15. The summed E-state index contributed by atoms with van der Waals surface area (Å²) in [4.78, 5) is 3.90. The van der Waals surface area contributed by atoms with Crippen molar-refractivity contribution in [2.45, 2.75) is 29.8 Å². The highest BCUT2D eigenvalue weighted by Gasteiger charge is 2.66. The van der Waals surface area contributed by atoms with Crippen molar-refractivity contribution in [3.8, 4) is 11.8 Å². The Morgan fingerprint density at radius 1 is 1.43 bits per heavy atom. The minimum absolute atomic E-state index is 0.0264. The third kappa shape index (κ3) is 3.12. The van der Waals surface area contributed by atoms with E-state index >= 15 is 0 Å². The first-order valence-electron chi connectivity index (χ1n) is 8.42. The monoisotopic (exact) mass is 423 g/mol. The topological polar surface area (TPSA) is 95.8 Å². The summed E-state index contributed by atoms with van der Waals surface area (Å²) in [6.07, 6.45) is 0.431. The van der Waals surface area contributed by atoms with Gasteiger partial charge in [0.1, 0.15) is 29.3 Å². The van der Waals surface area contributed by atoms with Gasteiger partial charge in [0.25, 0.3) is 10.0 Å². The van der Waals surface area contributed by atoms with Crippen LogP contribution in [0.2, 0.25) is 5.02 Å². The van der Waals surface area contributed by atoms with Gasteiger partial charge in [0.15, 0.2) is 5.03 Å². The van der Waals surface area contributed by atoms with E-state index in [1.807, 2.05) is 6.92 Å². The van der Waals surface area contributed by atoms with Crippen LogP contribution < -0.4 is 4.74 Å². The van der Waals surface area contributed by atoms with E-state index in [1.165, 1.54) is 34.8 Å². The van der Waals surface area contributed by atoms with E-state index in [1.54, 1.807) is 6.07 Å². The second kappa shape index (κ2) is 6.67. The highest BCUT2D eigenvalue weighted by atomic mass is 35.5. The van der Waals surface area contributed by atoms with Crippen molar-refractivity contribution in [3.63, 3.8) is 0 Å². The number of halogens is 2. The molecule has 0 amide bonds. The largest absolute Gasteiger partial charge is 0.486 e. The van der Waals surface area contributed by atoms with E-state index in [0.29, 0.717) is 5.02 Å². The van der Waals surface area contributed by atoms with Gasteiger partial charge >= 0.3 is 0 Å². The van der Waals surface area contributed by atoms with Gasteiger partial charge in [0.2, 0.25) is 0 Å². The van der Waals surface area contributed by atoms with Crippen LogP contribution in [0.3, 0.4) is 0 Å². The molecule has 146 valence electrons. The summed E-state index contributed by atoms with van der Waals surface area (Å²) < 4.78 is 52.5. The Morgan fingerprint density at radius 3 is 2.75 bits per heavy atom. The second-order valence-electron chi connectivity index (χ2n) is 6.69. The van der Waals surface area contributed by atoms with E-state index in [4.69, 9.17) is 26.3 Å². The molecule has 0 aliphatic carbocycles. The summed E-state index contributed by atoms with van der Waals surface area (Å²) in [5, 5.41) is 9.05. The Morgan fingerprint density at radius 2 is 2.18 bits per heavy atom. The van der Waals surface area contributed by atoms with Gasteiger partial charge in [-0.15, -0.1) is 0 Å². The fraction of sp³-hybridized carbons (Fsp3) is 0.333. The quantitative estimate of drug-likeness (QED) is 0.700. The molecule has 0 unspecified atom stereocenters. The predicted octanol–water partition coefficient (Wildman–Crippen LogP) is 2.36. The molecule has 1 aromatic carbocycles. The van der Waals surface area contributed by atoms with Crippen molar-refractivity contribution >= 4 is 21.6 Å². The lowest BCUT2D eigenvalue weighted by Crippen LogP contribution is -2.35. The van der Waals surface area contributed by atoms with Crippen LogP contribution in [0.4, 0.5) is 4.39 Å². The fourth-order valence-corrected chi connectivity index (χ4v) is 4.88. The lowest BCUT2D eigenvalue weighted by molar-refractivity contribution is 0.135. The molecule has 2 saturated heterocycles. The number of ether oxygens (including phenoxy) is 2. The molecular weight excluding hydrogens is 409 g/mol. The molecule has 28 heavy (non-hydrogen) atoms. The molecule has 1 aromatic heterocycles. The van der Waals surface area contributed by atoms with Crippen molar-refractivity contribution in [2.75, 3.05) is 13.1 Å². The van der Waals surface area contributed by atoms with Gasteiger partial charge in [-0.05, 0) is 31.2 Å². The zero-order chi connectivity index (χ0) is 20.1. The molecule has 3 atom stereocenters.